The molecule has 3 heteroatoms. The standard InChI is InChI=1S/C10H18N2O/c1-10(8-11,9-13-2)12-6-4-3-5-7-12/h3-7,9H2,1-2H3. The number of rotatable bonds is 3. The maximum Gasteiger partial charge on any atom is 0.129 e. The molecule has 0 N–H and O–H groups in total. The Balaban J connectivity index is 2.58. The van der Waals surface area contributed by atoms with Crippen LogP contribution in [0.5, 0.6) is 0 Å². The lowest BCUT2D eigenvalue weighted by Gasteiger charge is -2.37. The van der Waals surface area contributed by atoms with Crippen LogP contribution in [0.4, 0.5) is 0 Å². The van der Waals surface area contributed by atoms with E-state index >= 15 is 0 Å². The molecule has 13 heavy (non-hydrogen) atoms. The van der Waals surface area contributed by atoms with Crippen LogP contribution < -0.4 is 0 Å². The predicted octanol–water partition coefficient (Wildman–Crippen LogP) is 1.40. The van der Waals surface area contributed by atoms with Gasteiger partial charge < -0.3 is 4.74 Å². The van der Waals surface area contributed by atoms with E-state index in [1.165, 1.54) is 19.3 Å². The highest BCUT2D eigenvalue weighted by Crippen LogP contribution is 2.20. The minimum absolute atomic E-state index is 0.421. The van der Waals surface area contributed by atoms with Crippen molar-refractivity contribution in [1.29, 1.82) is 5.26 Å². The van der Waals surface area contributed by atoms with Crippen molar-refractivity contribution in [3.05, 3.63) is 0 Å². The van der Waals surface area contributed by atoms with E-state index in [-0.39, 0.29) is 0 Å². The average Bonchev–Trinajstić information content (AvgIpc) is 2.19. The zero-order valence-electron chi connectivity index (χ0n) is 8.55. The maximum atomic E-state index is 9.10. The van der Waals surface area contributed by atoms with E-state index in [4.69, 9.17) is 10.00 Å². The highest BCUT2D eigenvalue weighted by molar-refractivity contribution is 5.05. The van der Waals surface area contributed by atoms with E-state index in [1.807, 2.05) is 6.92 Å². The molecule has 1 fully saturated rings. The molecule has 1 atom stereocenters. The lowest BCUT2D eigenvalue weighted by Crippen LogP contribution is -2.50. The van der Waals surface area contributed by atoms with Gasteiger partial charge >= 0.3 is 0 Å². The fourth-order valence-electron chi connectivity index (χ4n) is 1.86. The molecule has 1 saturated heterocycles. The van der Waals surface area contributed by atoms with Crippen molar-refractivity contribution in [1.82, 2.24) is 4.90 Å². The number of methoxy groups -OCH3 is 1. The Bertz CT molecular complexity index is 194. The highest BCUT2D eigenvalue weighted by atomic mass is 16.5. The van der Waals surface area contributed by atoms with Gasteiger partial charge in [-0.05, 0) is 32.9 Å². The molecule has 1 heterocycles. The molecule has 0 aliphatic carbocycles. The monoisotopic (exact) mass is 182 g/mol. The Labute approximate surface area is 80.3 Å². The third-order valence-electron chi connectivity index (χ3n) is 2.72. The van der Waals surface area contributed by atoms with E-state index < -0.39 is 5.54 Å². The smallest absolute Gasteiger partial charge is 0.129 e. The molecule has 1 unspecified atom stereocenters. The molecule has 1 aliphatic rings. The Morgan fingerprint density at radius 1 is 1.38 bits per heavy atom. The van der Waals surface area contributed by atoms with Gasteiger partial charge in [0.05, 0.1) is 12.7 Å². The van der Waals surface area contributed by atoms with Crippen molar-refractivity contribution in [3.8, 4) is 6.07 Å². The molecule has 0 aromatic rings. The van der Waals surface area contributed by atoms with Crippen LogP contribution in [0.3, 0.4) is 0 Å². The van der Waals surface area contributed by atoms with Gasteiger partial charge in [0.2, 0.25) is 0 Å². The number of hydrogen-bond acceptors (Lipinski definition) is 3. The van der Waals surface area contributed by atoms with Crippen molar-refractivity contribution in [2.45, 2.75) is 31.7 Å². The van der Waals surface area contributed by atoms with Gasteiger partial charge in [-0.3, -0.25) is 4.90 Å². The van der Waals surface area contributed by atoms with Gasteiger partial charge in [0.15, 0.2) is 0 Å². The first kappa shape index (κ1) is 10.5. The van der Waals surface area contributed by atoms with E-state index in [2.05, 4.69) is 11.0 Å². The zero-order chi connectivity index (χ0) is 9.73. The Kier molecular flexibility index (Phi) is 3.71. The number of ether oxygens (including phenoxy) is 1. The second kappa shape index (κ2) is 4.59. The second-order valence-electron chi connectivity index (χ2n) is 3.87. The van der Waals surface area contributed by atoms with Gasteiger partial charge in [0.1, 0.15) is 5.54 Å². The van der Waals surface area contributed by atoms with Crippen LogP contribution in [-0.4, -0.2) is 37.2 Å². The van der Waals surface area contributed by atoms with Gasteiger partial charge in [0, 0.05) is 7.11 Å². The molecule has 3 nitrogen and oxygen atoms in total. The summed E-state index contributed by atoms with van der Waals surface area (Å²) in [5.41, 5.74) is -0.421. The lowest BCUT2D eigenvalue weighted by molar-refractivity contribution is 0.0452. The third-order valence-corrected chi connectivity index (χ3v) is 2.72. The molecule has 1 rings (SSSR count). The first-order valence-electron chi connectivity index (χ1n) is 4.88. The molecule has 0 aromatic heterocycles. The Morgan fingerprint density at radius 2 is 2.00 bits per heavy atom. The third kappa shape index (κ3) is 2.43. The van der Waals surface area contributed by atoms with E-state index in [0.29, 0.717) is 6.61 Å². The first-order chi connectivity index (χ1) is 6.23. The summed E-state index contributed by atoms with van der Waals surface area (Å²) in [4.78, 5) is 2.24. The summed E-state index contributed by atoms with van der Waals surface area (Å²) in [5.74, 6) is 0. The molecule has 0 saturated carbocycles. The van der Waals surface area contributed by atoms with Crippen LogP contribution in [0.15, 0.2) is 0 Å². The molecular weight excluding hydrogens is 164 g/mol. The highest BCUT2D eigenvalue weighted by Gasteiger charge is 2.32. The minimum atomic E-state index is -0.421. The largest absolute Gasteiger partial charge is 0.382 e. The van der Waals surface area contributed by atoms with Gasteiger partial charge in [-0.1, -0.05) is 6.42 Å². The number of piperidine rings is 1. The summed E-state index contributed by atoms with van der Waals surface area (Å²) in [6.07, 6.45) is 3.72. The average molecular weight is 182 g/mol. The zero-order valence-corrected chi connectivity index (χ0v) is 8.55. The quantitative estimate of drug-likeness (QED) is 0.662. The number of nitriles is 1. The molecule has 0 amide bonds. The summed E-state index contributed by atoms with van der Waals surface area (Å²) in [5, 5.41) is 9.10. The van der Waals surface area contributed by atoms with Crippen molar-refractivity contribution in [2.75, 3.05) is 26.8 Å². The fraction of sp³-hybridized carbons (Fsp3) is 0.900. The van der Waals surface area contributed by atoms with Gasteiger partial charge in [-0.25, -0.2) is 0 Å². The van der Waals surface area contributed by atoms with Crippen molar-refractivity contribution in [3.63, 3.8) is 0 Å². The van der Waals surface area contributed by atoms with Gasteiger partial charge in [-0.15, -0.1) is 0 Å². The van der Waals surface area contributed by atoms with Crippen LogP contribution >= 0.6 is 0 Å². The van der Waals surface area contributed by atoms with E-state index in [9.17, 15) is 0 Å². The fourth-order valence-corrected chi connectivity index (χ4v) is 1.86. The van der Waals surface area contributed by atoms with Crippen LogP contribution in [0.25, 0.3) is 0 Å². The summed E-state index contributed by atoms with van der Waals surface area (Å²) in [6.45, 7) is 4.53. The summed E-state index contributed by atoms with van der Waals surface area (Å²) in [6, 6.07) is 2.35. The molecule has 0 spiro atoms. The topological polar surface area (TPSA) is 36.3 Å². The minimum Gasteiger partial charge on any atom is -0.382 e. The van der Waals surface area contributed by atoms with E-state index in [1.54, 1.807) is 7.11 Å². The lowest BCUT2D eigenvalue weighted by atomic mass is 9.99. The molecular formula is C10H18N2O. The van der Waals surface area contributed by atoms with Crippen molar-refractivity contribution >= 4 is 0 Å². The summed E-state index contributed by atoms with van der Waals surface area (Å²) >= 11 is 0. The predicted molar refractivity (Wildman–Crippen MR) is 51.3 cm³/mol. The Hall–Kier alpha value is -0.590. The van der Waals surface area contributed by atoms with Crippen LogP contribution in [0, 0.1) is 11.3 Å². The molecule has 0 radical (unpaired) electrons. The van der Waals surface area contributed by atoms with Crippen LogP contribution in [0.1, 0.15) is 26.2 Å². The maximum absolute atomic E-state index is 9.10. The second-order valence-corrected chi connectivity index (χ2v) is 3.87. The van der Waals surface area contributed by atoms with Gasteiger partial charge in [0.25, 0.3) is 0 Å². The number of nitrogens with zero attached hydrogens (tertiary/aromatic N) is 2. The Morgan fingerprint density at radius 3 is 2.46 bits per heavy atom. The van der Waals surface area contributed by atoms with Crippen LogP contribution in [0.2, 0.25) is 0 Å². The van der Waals surface area contributed by atoms with Crippen molar-refractivity contribution < 1.29 is 4.74 Å². The normalized spacial score (nSPS) is 23.5. The summed E-state index contributed by atoms with van der Waals surface area (Å²) in [7, 11) is 1.65. The van der Waals surface area contributed by atoms with Gasteiger partial charge in [-0.2, -0.15) is 5.26 Å². The van der Waals surface area contributed by atoms with Crippen molar-refractivity contribution in [2.24, 2.45) is 0 Å². The molecule has 0 aromatic carbocycles. The van der Waals surface area contributed by atoms with Crippen LogP contribution in [-0.2, 0) is 4.74 Å². The molecule has 1 aliphatic heterocycles. The molecule has 0 bridgehead atoms. The molecule has 74 valence electrons. The summed E-state index contributed by atoms with van der Waals surface area (Å²) < 4.78 is 5.09. The number of likely N-dealkylation sites (tertiary alicyclic amines) is 1. The SMILES string of the molecule is COCC(C)(C#N)N1CCCCC1. The van der Waals surface area contributed by atoms with E-state index in [0.717, 1.165) is 13.1 Å². The first-order valence-corrected chi connectivity index (χ1v) is 4.88. The number of hydrogen-bond donors (Lipinski definition) is 0.